The molecule has 2 rings (SSSR count). The highest BCUT2D eigenvalue weighted by atomic mass is 127. The first-order valence-electron chi connectivity index (χ1n) is 5.50. The molecular weight excluding hydrogens is 380 g/mol. The molecule has 0 aliphatic heterocycles. The van der Waals surface area contributed by atoms with Gasteiger partial charge in [-0.05, 0) is 65.4 Å². The molecule has 0 bridgehead atoms. The fourth-order valence-corrected chi connectivity index (χ4v) is 2.53. The van der Waals surface area contributed by atoms with E-state index in [0.29, 0.717) is 16.3 Å². The molecule has 98 valence electrons. The van der Waals surface area contributed by atoms with Gasteiger partial charge in [-0.2, -0.15) is 0 Å². The van der Waals surface area contributed by atoms with Crippen LogP contribution in [0.2, 0.25) is 5.02 Å². The smallest absolute Gasteiger partial charge is 0.255 e. The van der Waals surface area contributed by atoms with Crippen molar-refractivity contribution in [3.05, 3.63) is 61.9 Å². The van der Waals surface area contributed by atoms with E-state index >= 15 is 0 Å². The molecule has 0 spiro atoms. The maximum absolute atomic E-state index is 13.4. The average Bonchev–Trinajstić information content (AvgIpc) is 2.36. The van der Waals surface area contributed by atoms with Crippen LogP contribution in [-0.4, -0.2) is 5.91 Å². The first kappa shape index (κ1) is 14.3. The Hall–Kier alpha value is -1.14. The lowest BCUT2D eigenvalue weighted by molar-refractivity contribution is 0.102. The zero-order valence-electron chi connectivity index (χ0n) is 10.0. The predicted molar refractivity (Wildman–Crippen MR) is 83.3 cm³/mol. The summed E-state index contributed by atoms with van der Waals surface area (Å²) in [5.74, 6) is -0.738. The van der Waals surface area contributed by atoms with Crippen molar-refractivity contribution in [3.63, 3.8) is 0 Å². The van der Waals surface area contributed by atoms with Crippen LogP contribution in [0.25, 0.3) is 0 Å². The Morgan fingerprint density at radius 2 is 2.00 bits per heavy atom. The molecule has 1 N–H and O–H groups in total. The van der Waals surface area contributed by atoms with Crippen LogP contribution in [0.5, 0.6) is 0 Å². The van der Waals surface area contributed by atoms with E-state index in [0.717, 1.165) is 3.57 Å². The maximum atomic E-state index is 13.4. The van der Waals surface area contributed by atoms with Crippen molar-refractivity contribution in [1.82, 2.24) is 0 Å². The molecule has 0 aromatic heterocycles. The maximum Gasteiger partial charge on any atom is 0.255 e. The van der Waals surface area contributed by atoms with Crippen LogP contribution in [0.4, 0.5) is 10.1 Å². The van der Waals surface area contributed by atoms with Gasteiger partial charge in [0.1, 0.15) is 5.82 Å². The van der Waals surface area contributed by atoms with Crippen LogP contribution in [0, 0.1) is 16.3 Å². The van der Waals surface area contributed by atoms with Crippen molar-refractivity contribution < 1.29 is 9.18 Å². The Balaban J connectivity index is 2.23. The summed E-state index contributed by atoms with van der Waals surface area (Å²) in [6.45, 7) is 1.65. The highest BCUT2D eigenvalue weighted by molar-refractivity contribution is 14.1. The lowest BCUT2D eigenvalue weighted by Crippen LogP contribution is -2.13. The number of carbonyl (C=O) groups excluding carboxylic acids is 1. The number of carbonyl (C=O) groups is 1. The summed E-state index contributed by atoms with van der Waals surface area (Å²) in [5.41, 5.74) is 1.45. The standard InChI is InChI=1S/C14H10ClFINO/c1-8-2-3-9(6-11(8)16)14(19)18-13-5-4-10(15)7-12(13)17/h2-7H,1H3,(H,18,19). The number of hydrogen-bond acceptors (Lipinski definition) is 1. The molecule has 2 nitrogen and oxygen atoms in total. The highest BCUT2D eigenvalue weighted by Crippen LogP contribution is 2.23. The molecule has 0 atom stereocenters. The van der Waals surface area contributed by atoms with Crippen LogP contribution in [0.15, 0.2) is 36.4 Å². The van der Waals surface area contributed by atoms with Crippen LogP contribution in [0.1, 0.15) is 15.9 Å². The van der Waals surface area contributed by atoms with E-state index in [-0.39, 0.29) is 11.5 Å². The summed E-state index contributed by atoms with van der Waals surface area (Å²) in [6, 6.07) is 9.55. The second-order valence-corrected chi connectivity index (χ2v) is 5.64. The summed E-state index contributed by atoms with van der Waals surface area (Å²) in [4.78, 5) is 12.0. The van der Waals surface area contributed by atoms with Crippen LogP contribution >= 0.6 is 34.2 Å². The summed E-state index contributed by atoms with van der Waals surface area (Å²) in [7, 11) is 0. The van der Waals surface area contributed by atoms with Gasteiger partial charge in [-0.1, -0.05) is 17.7 Å². The lowest BCUT2D eigenvalue weighted by atomic mass is 10.1. The van der Waals surface area contributed by atoms with E-state index in [9.17, 15) is 9.18 Å². The Labute approximate surface area is 129 Å². The summed E-state index contributed by atoms with van der Waals surface area (Å²) < 4.78 is 14.2. The summed E-state index contributed by atoms with van der Waals surface area (Å²) >= 11 is 7.92. The quantitative estimate of drug-likeness (QED) is 0.745. The molecule has 0 unspecified atom stereocenters. The van der Waals surface area contributed by atoms with Gasteiger partial charge in [0.2, 0.25) is 0 Å². The molecule has 0 radical (unpaired) electrons. The Morgan fingerprint density at radius 3 is 2.63 bits per heavy atom. The predicted octanol–water partition coefficient (Wildman–Crippen LogP) is 4.64. The third-order valence-electron chi connectivity index (χ3n) is 2.61. The fourth-order valence-electron chi connectivity index (χ4n) is 1.52. The molecule has 0 aliphatic carbocycles. The van der Waals surface area contributed by atoms with E-state index in [1.165, 1.54) is 6.07 Å². The number of amides is 1. The van der Waals surface area contributed by atoms with Gasteiger partial charge < -0.3 is 5.32 Å². The molecule has 0 fully saturated rings. The number of rotatable bonds is 2. The van der Waals surface area contributed by atoms with Crippen LogP contribution in [-0.2, 0) is 0 Å². The minimum atomic E-state index is -0.390. The second-order valence-electron chi connectivity index (χ2n) is 4.04. The number of benzene rings is 2. The number of nitrogens with one attached hydrogen (secondary N) is 1. The Kier molecular flexibility index (Phi) is 4.42. The number of hydrogen-bond donors (Lipinski definition) is 1. The van der Waals surface area contributed by atoms with Crippen molar-refractivity contribution in [1.29, 1.82) is 0 Å². The van der Waals surface area contributed by atoms with Gasteiger partial charge in [-0.15, -0.1) is 0 Å². The van der Waals surface area contributed by atoms with Gasteiger partial charge in [0.15, 0.2) is 0 Å². The summed E-state index contributed by atoms with van der Waals surface area (Å²) in [5, 5.41) is 3.33. The van der Waals surface area contributed by atoms with Crippen molar-refractivity contribution in [2.75, 3.05) is 5.32 Å². The highest BCUT2D eigenvalue weighted by Gasteiger charge is 2.10. The minimum Gasteiger partial charge on any atom is -0.321 e. The van der Waals surface area contributed by atoms with Gasteiger partial charge in [0.05, 0.1) is 5.69 Å². The molecule has 2 aromatic rings. The molecule has 0 aliphatic rings. The largest absolute Gasteiger partial charge is 0.321 e. The SMILES string of the molecule is Cc1ccc(C(=O)Nc2ccc(Cl)cc2I)cc1F. The van der Waals surface area contributed by atoms with Crippen LogP contribution in [0.3, 0.4) is 0 Å². The van der Waals surface area contributed by atoms with Gasteiger partial charge in [-0.3, -0.25) is 4.79 Å². The zero-order valence-corrected chi connectivity index (χ0v) is 12.9. The fraction of sp³-hybridized carbons (Fsp3) is 0.0714. The first-order chi connectivity index (χ1) is 8.97. The molecule has 19 heavy (non-hydrogen) atoms. The minimum absolute atomic E-state index is 0.286. The average molecular weight is 390 g/mol. The van der Waals surface area contributed by atoms with Crippen molar-refractivity contribution in [3.8, 4) is 0 Å². The zero-order chi connectivity index (χ0) is 14.0. The van der Waals surface area contributed by atoms with E-state index in [1.807, 2.05) is 0 Å². The normalized spacial score (nSPS) is 10.3. The van der Waals surface area contributed by atoms with Crippen LogP contribution < -0.4 is 5.32 Å². The van der Waals surface area contributed by atoms with E-state index < -0.39 is 5.82 Å². The number of aryl methyl sites for hydroxylation is 1. The second kappa shape index (κ2) is 5.88. The van der Waals surface area contributed by atoms with Gasteiger partial charge in [0, 0.05) is 14.2 Å². The Morgan fingerprint density at radius 1 is 1.26 bits per heavy atom. The molecular formula is C14H10ClFINO. The topological polar surface area (TPSA) is 29.1 Å². The molecule has 0 heterocycles. The molecule has 5 heteroatoms. The van der Waals surface area contributed by atoms with Crippen molar-refractivity contribution in [2.45, 2.75) is 6.92 Å². The monoisotopic (exact) mass is 389 g/mol. The van der Waals surface area contributed by atoms with Crippen molar-refractivity contribution >= 4 is 45.8 Å². The summed E-state index contributed by atoms with van der Waals surface area (Å²) in [6.07, 6.45) is 0. The number of anilines is 1. The molecule has 2 aromatic carbocycles. The van der Waals surface area contributed by atoms with Crippen molar-refractivity contribution in [2.24, 2.45) is 0 Å². The van der Waals surface area contributed by atoms with Gasteiger partial charge >= 0.3 is 0 Å². The molecule has 0 saturated heterocycles. The molecule has 0 saturated carbocycles. The van der Waals surface area contributed by atoms with Gasteiger partial charge in [0.25, 0.3) is 5.91 Å². The Bertz CT molecular complexity index is 645. The lowest BCUT2D eigenvalue weighted by Gasteiger charge is -2.08. The number of halogens is 3. The van der Waals surface area contributed by atoms with E-state index in [2.05, 4.69) is 27.9 Å². The third-order valence-corrected chi connectivity index (χ3v) is 3.74. The van der Waals surface area contributed by atoms with E-state index in [4.69, 9.17) is 11.6 Å². The van der Waals surface area contributed by atoms with E-state index in [1.54, 1.807) is 37.3 Å². The third kappa shape index (κ3) is 3.45. The molecule has 1 amide bonds. The van der Waals surface area contributed by atoms with Gasteiger partial charge in [-0.25, -0.2) is 4.39 Å². The first-order valence-corrected chi connectivity index (χ1v) is 6.95.